The van der Waals surface area contributed by atoms with E-state index in [4.69, 9.17) is 9.47 Å². The number of ether oxygens (including phenoxy) is 2. The number of esters is 1. The predicted molar refractivity (Wildman–Crippen MR) is 110 cm³/mol. The monoisotopic (exact) mass is 406 g/mol. The third kappa shape index (κ3) is 6.00. The molecule has 0 heterocycles. The molecule has 0 saturated carbocycles. The maximum atomic E-state index is 13.2. The van der Waals surface area contributed by atoms with Crippen LogP contribution in [-0.4, -0.2) is 24.7 Å². The van der Waals surface area contributed by atoms with Crippen molar-refractivity contribution in [2.24, 2.45) is 5.10 Å². The first-order valence-electron chi connectivity index (χ1n) is 9.09. The van der Waals surface area contributed by atoms with E-state index in [2.05, 4.69) is 10.5 Å². The molecular formula is C23H19FN2O4. The Balaban J connectivity index is 1.53. The molecule has 3 aromatic carbocycles. The Morgan fingerprint density at radius 1 is 1.03 bits per heavy atom. The summed E-state index contributed by atoms with van der Waals surface area (Å²) in [5, 5.41) is 3.87. The fourth-order valence-corrected chi connectivity index (χ4v) is 2.51. The Labute approximate surface area is 173 Å². The summed E-state index contributed by atoms with van der Waals surface area (Å²) < 4.78 is 23.9. The number of halogens is 1. The molecule has 0 radical (unpaired) electrons. The quantitative estimate of drug-likeness (QED) is 0.280. The van der Waals surface area contributed by atoms with Crippen molar-refractivity contribution in [3.8, 4) is 11.5 Å². The van der Waals surface area contributed by atoms with Crippen molar-refractivity contribution < 1.29 is 23.5 Å². The van der Waals surface area contributed by atoms with Gasteiger partial charge in [0.2, 0.25) is 0 Å². The zero-order chi connectivity index (χ0) is 21.3. The van der Waals surface area contributed by atoms with E-state index in [0.717, 1.165) is 11.6 Å². The lowest BCUT2D eigenvalue weighted by Gasteiger charge is -2.07. The molecule has 0 saturated heterocycles. The van der Waals surface area contributed by atoms with Gasteiger partial charge in [0.15, 0.2) is 6.61 Å². The Kier molecular flexibility index (Phi) is 6.89. The van der Waals surface area contributed by atoms with Gasteiger partial charge in [0.05, 0.1) is 11.8 Å². The lowest BCUT2D eigenvalue weighted by Crippen LogP contribution is -2.24. The highest BCUT2D eigenvalue weighted by atomic mass is 19.1. The number of para-hydroxylation sites is 1. The molecule has 0 aliphatic heterocycles. The van der Waals surface area contributed by atoms with Crippen LogP contribution in [-0.2, 0) is 4.79 Å². The van der Waals surface area contributed by atoms with E-state index in [9.17, 15) is 14.0 Å². The minimum Gasteiger partial charge on any atom is -0.483 e. The molecule has 0 aliphatic rings. The van der Waals surface area contributed by atoms with E-state index in [1.807, 2.05) is 25.1 Å². The molecule has 0 bridgehead atoms. The van der Waals surface area contributed by atoms with Crippen LogP contribution in [0.1, 0.15) is 21.5 Å². The standard InChI is InChI=1S/C23H19FN2O4/c1-16-6-2-3-11-21(16)29-15-22(27)26-25-14-17-7-4-10-20(12-17)30-23(28)18-8-5-9-19(24)13-18/h2-14H,15H2,1H3,(H,26,27)/b25-14-. The summed E-state index contributed by atoms with van der Waals surface area (Å²) in [7, 11) is 0. The van der Waals surface area contributed by atoms with E-state index in [0.29, 0.717) is 11.3 Å². The third-order valence-corrected chi connectivity index (χ3v) is 3.98. The second kappa shape index (κ2) is 9.97. The van der Waals surface area contributed by atoms with Crippen molar-refractivity contribution in [2.45, 2.75) is 6.92 Å². The summed E-state index contributed by atoms with van der Waals surface area (Å²) >= 11 is 0. The first kappa shape index (κ1) is 20.7. The number of hydrogen-bond donors (Lipinski definition) is 1. The number of nitrogens with one attached hydrogen (secondary N) is 1. The highest BCUT2D eigenvalue weighted by Crippen LogP contribution is 2.16. The number of carbonyl (C=O) groups is 2. The van der Waals surface area contributed by atoms with Gasteiger partial charge in [-0.15, -0.1) is 0 Å². The molecule has 30 heavy (non-hydrogen) atoms. The molecule has 0 unspecified atom stereocenters. The zero-order valence-corrected chi connectivity index (χ0v) is 16.2. The summed E-state index contributed by atoms with van der Waals surface area (Å²) in [4.78, 5) is 24.0. The van der Waals surface area contributed by atoms with Crippen molar-refractivity contribution in [3.63, 3.8) is 0 Å². The van der Waals surface area contributed by atoms with Crippen molar-refractivity contribution in [3.05, 3.63) is 95.3 Å². The number of hydrazone groups is 1. The van der Waals surface area contributed by atoms with E-state index in [1.165, 1.54) is 24.4 Å². The number of amides is 1. The van der Waals surface area contributed by atoms with Crippen LogP contribution in [0.25, 0.3) is 0 Å². The SMILES string of the molecule is Cc1ccccc1OCC(=O)N/N=C\c1cccc(OC(=O)c2cccc(F)c2)c1. The second-order valence-corrected chi connectivity index (χ2v) is 6.32. The van der Waals surface area contributed by atoms with Crippen LogP contribution in [0, 0.1) is 12.7 Å². The van der Waals surface area contributed by atoms with Crippen LogP contribution < -0.4 is 14.9 Å². The van der Waals surface area contributed by atoms with Gasteiger partial charge in [-0.3, -0.25) is 4.79 Å². The van der Waals surface area contributed by atoms with Crippen LogP contribution in [0.15, 0.2) is 77.9 Å². The summed E-state index contributed by atoms with van der Waals surface area (Å²) in [6, 6.07) is 19.2. The number of hydrogen-bond acceptors (Lipinski definition) is 5. The number of rotatable bonds is 7. The average molecular weight is 406 g/mol. The molecule has 0 aliphatic carbocycles. The maximum absolute atomic E-state index is 13.2. The summed E-state index contributed by atoms with van der Waals surface area (Å²) in [6.07, 6.45) is 1.41. The van der Waals surface area contributed by atoms with Gasteiger partial charge in [0, 0.05) is 0 Å². The molecule has 3 rings (SSSR count). The number of benzene rings is 3. The zero-order valence-electron chi connectivity index (χ0n) is 16.2. The van der Waals surface area contributed by atoms with Gasteiger partial charge in [-0.05, 0) is 54.4 Å². The Morgan fingerprint density at radius 3 is 2.63 bits per heavy atom. The first-order chi connectivity index (χ1) is 14.5. The van der Waals surface area contributed by atoms with Crippen LogP contribution in [0.2, 0.25) is 0 Å². The number of aryl methyl sites for hydroxylation is 1. The number of carbonyl (C=O) groups excluding carboxylic acids is 2. The topological polar surface area (TPSA) is 77.0 Å². The van der Waals surface area contributed by atoms with Gasteiger partial charge in [-0.25, -0.2) is 14.6 Å². The Bertz CT molecular complexity index is 1080. The van der Waals surface area contributed by atoms with Crippen LogP contribution in [0.5, 0.6) is 11.5 Å². The van der Waals surface area contributed by atoms with Crippen molar-refractivity contribution in [2.75, 3.05) is 6.61 Å². The van der Waals surface area contributed by atoms with Crippen LogP contribution in [0.3, 0.4) is 0 Å². The van der Waals surface area contributed by atoms with Gasteiger partial charge in [-0.2, -0.15) is 5.10 Å². The molecule has 7 heteroatoms. The highest BCUT2D eigenvalue weighted by molar-refractivity contribution is 5.91. The van der Waals surface area contributed by atoms with E-state index < -0.39 is 17.7 Å². The Morgan fingerprint density at radius 2 is 1.83 bits per heavy atom. The summed E-state index contributed by atoms with van der Waals surface area (Å²) in [6.45, 7) is 1.72. The smallest absolute Gasteiger partial charge is 0.343 e. The van der Waals surface area contributed by atoms with Gasteiger partial charge in [-0.1, -0.05) is 36.4 Å². The fourth-order valence-electron chi connectivity index (χ4n) is 2.51. The summed E-state index contributed by atoms with van der Waals surface area (Å²) in [5.74, 6) is -0.715. The average Bonchev–Trinajstić information content (AvgIpc) is 2.73. The summed E-state index contributed by atoms with van der Waals surface area (Å²) in [5.41, 5.74) is 4.00. The minimum absolute atomic E-state index is 0.106. The van der Waals surface area contributed by atoms with Gasteiger partial charge < -0.3 is 9.47 Å². The molecular weight excluding hydrogens is 387 g/mol. The maximum Gasteiger partial charge on any atom is 0.343 e. The fraction of sp³-hybridized carbons (Fsp3) is 0.0870. The van der Waals surface area contributed by atoms with Gasteiger partial charge in [0.1, 0.15) is 17.3 Å². The van der Waals surface area contributed by atoms with Crippen molar-refractivity contribution >= 4 is 18.1 Å². The molecule has 1 amide bonds. The third-order valence-electron chi connectivity index (χ3n) is 3.98. The largest absolute Gasteiger partial charge is 0.483 e. The Hall–Kier alpha value is -4.00. The van der Waals surface area contributed by atoms with E-state index >= 15 is 0 Å². The molecule has 0 aromatic heterocycles. The highest BCUT2D eigenvalue weighted by Gasteiger charge is 2.09. The van der Waals surface area contributed by atoms with Gasteiger partial charge in [0.25, 0.3) is 5.91 Å². The molecule has 152 valence electrons. The van der Waals surface area contributed by atoms with Crippen LogP contribution >= 0.6 is 0 Å². The number of nitrogens with zero attached hydrogens (tertiary/aromatic N) is 1. The first-order valence-corrected chi connectivity index (χ1v) is 9.09. The molecule has 1 N–H and O–H groups in total. The molecule has 0 spiro atoms. The lowest BCUT2D eigenvalue weighted by molar-refractivity contribution is -0.123. The van der Waals surface area contributed by atoms with Crippen molar-refractivity contribution in [1.82, 2.24) is 5.43 Å². The van der Waals surface area contributed by atoms with Gasteiger partial charge >= 0.3 is 5.97 Å². The lowest BCUT2D eigenvalue weighted by atomic mass is 10.2. The van der Waals surface area contributed by atoms with E-state index in [1.54, 1.807) is 30.3 Å². The molecule has 3 aromatic rings. The molecule has 6 nitrogen and oxygen atoms in total. The normalized spacial score (nSPS) is 10.6. The van der Waals surface area contributed by atoms with E-state index in [-0.39, 0.29) is 17.9 Å². The molecule has 0 fully saturated rings. The molecule has 0 atom stereocenters. The minimum atomic E-state index is -0.676. The van der Waals surface area contributed by atoms with Crippen molar-refractivity contribution in [1.29, 1.82) is 0 Å². The predicted octanol–water partition coefficient (Wildman–Crippen LogP) is 3.88. The van der Waals surface area contributed by atoms with Crippen LogP contribution in [0.4, 0.5) is 4.39 Å². The second-order valence-electron chi connectivity index (χ2n) is 6.32.